The Balaban J connectivity index is 1.47. The van der Waals surface area contributed by atoms with Gasteiger partial charge in [-0.1, -0.05) is 48.5 Å². The van der Waals surface area contributed by atoms with Crippen LogP contribution in [0.25, 0.3) is 6.08 Å². The number of thiocarbonyl (C=S) groups is 1. The van der Waals surface area contributed by atoms with Gasteiger partial charge in [-0.25, -0.2) is 0 Å². The molecule has 32 heavy (non-hydrogen) atoms. The van der Waals surface area contributed by atoms with Gasteiger partial charge in [0.05, 0.1) is 11.4 Å². The number of carbonyl (C=O) groups is 2. The first-order valence-corrected chi connectivity index (χ1v) is 10.8. The molecule has 0 atom stereocenters. The second-order valence-electron chi connectivity index (χ2n) is 7.51. The molecule has 4 rings (SSSR count). The molecule has 0 aliphatic carbocycles. The lowest BCUT2D eigenvalue weighted by Crippen LogP contribution is -2.32. The Hall–Kier alpha value is -3.77. The lowest BCUT2D eigenvalue weighted by molar-refractivity contribution is -0.116. The normalized spacial score (nSPS) is 12.5. The van der Waals surface area contributed by atoms with E-state index in [2.05, 4.69) is 16.7 Å². The number of nitrogens with one attached hydrogen (secondary N) is 2. The number of anilines is 3. The second kappa shape index (κ2) is 9.58. The molecule has 160 valence electrons. The molecule has 6 heteroatoms. The second-order valence-corrected chi connectivity index (χ2v) is 7.92. The third-order valence-electron chi connectivity index (χ3n) is 5.25. The highest BCUT2D eigenvalue weighted by Crippen LogP contribution is 2.37. The van der Waals surface area contributed by atoms with E-state index < -0.39 is 0 Å². The molecule has 0 spiro atoms. The molecule has 1 aliphatic heterocycles. The molecule has 2 amide bonds. The Kier molecular flexibility index (Phi) is 6.42. The van der Waals surface area contributed by atoms with Gasteiger partial charge >= 0.3 is 0 Å². The third-order valence-corrected chi connectivity index (χ3v) is 5.46. The summed E-state index contributed by atoms with van der Waals surface area (Å²) in [6.45, 7) is 1.58. The Morgan fingerprint density at radius 1 is 0.906 bits per heavy atom. The Morgan fingerprint density at radius 2 is 1.59 bits per heavy atom. The summed E-state index contributed by atoms with van der Waals surface area (Å²) in [7, 11) is 0. The molecule has 0 saturated heterocycles. The van der Waals surface area contributed by atoms with E-state index in [1.165, 1.54) is 6.08 Å². The summed E-state index contributed by atoms with van der Waals surface area (Å²) in [6.07, 6.45) is 4.81. The highest BCUT2D eigenvalue weighted by atomic mass is 32.1. The standard InChI is InChI=1S/C26H23N3O2S/c1-18(30)29-23-10-6-5-9-20(23)12-13-21-17-22(14-15-24(21)29)27-26(32)28-25(31)16-11-19-7-3-2-4-8-19/h2-11,14-17H,12-13H2,1H3,(H2,27,28,31,32)/b16-11+. The molecule has 1 heterocycles. The average molecular weight is 442 g/mol. The van der Waals surface area contributed by atoms with Crippen molar-refractivity contribution in [3.05, 3.63) is 95.6 Å². The van der Waals surface area contributed by atoms with Gasteiger partial charge in [0.1, 0.15) is 0 Å². The van der Waals surface area contributed by atoms with Crippen molar-refractivity contribution in [1.82, 2.24) is 5.32 Å². The van der Waals surface area contributed by atoms with Crippen molar-refractivity contribution in [2.45, 2.75) is 19.8 Å². The minimum atomic E-state index is -0.306. The van der Waals surface area contributed by atoms with Crippen LogP contribution in [0.4, 0.5) is 17.1 Å². The van der Waals surface area contributed by atoms with Crippen LogP contribution >= 0.6 is 12.2 Å². The van der Waals surface area contributed by atoms with E-state index in [0.717, 1.165) is 46.6 Å². The van der Waals surface area contributed by atoms with Crippen LogP contribution in [0.5, 0.6) is 0 Å². The monoisotopic (exact) mass is 441 g/mol. The van der Waals surface area contributed by atoms with Crippen molar-refractivity contribution in [1.29, 1.82) is 0 Å². The fraction of sp³-hybridized carbons (Fsp3) is 0.115. The van der Waals surface area contributed by atoms with Gasteiger partial charge < -0.3 is 5.32 Å². The van der Waals surface area contributed by atoms with Gasteiger partial charge in [-0.15, -0.1) is 0 Å². The van der Waals surface area contributed by atoms with Gasteiger partial charge in [0.15, 0.2) is 5.11 Å². The average Bonchev–Trinajstić information content (AvgIpc) is 2.95. The summed E-state index contributed by atoms with van der Waals surface area (Å²) >= 11 is 5.30. The van der Waals surface area contributed by atoms with Crippen molar-refractivity contribution in [3.63, 3.8) is 0 Å². The van der Waals surface area contributed by atoms with E-state index in [1.54, 1.807) is 17.9 Å². The first-order valence-electron chi connectivity index (χ1n) is 10.4. The largest absolute Gasteiger partial charge is 0.332 e. The van der Waals surface area contributed by atoms with Crippen molar-refractivity contribution in [2.24, 2.45) is 0 Å². The summed E-state index contributed by atoms with van der Waals surface area (Å²) < 4.78 is 0. The third kappa shape index (κ3) is 4.92. The number of fused-ring (bicyclic) bond motifs is 2. The molecule has 0 aromatic heterocycles. The molecule has 5 nitrogen and oxygen atoms in total. The van der Waals surface area contributed by atoms with Crippen molar-refractivity contribution >= 4 is 52.3 Å². The van der Waals surface area contributed by atoms with Crippen LogP contribution in [0.2, 0.25) is 0 Å². The summed E-state index contributed by atoms with van der Waals surface area (Å²) in [5.74, 6) is -0.339. The predicted octanol–water partition coefficient (Wildman–Crippen LogP) is 5.00. The van der Waals surface area contributed by atoms with Gasteiger partial charge in [0, 0.05) is 18.7 Å². The van der Waals surface area contributed by atoms with E-state index in [9.17, 15) is 9.59 Å². The molecule has 0 unspecified atom stereocenters. The molecule has 0 bridgehead atoms. The number of rotatable bonds is 3. The van der Waals surface area contributed by atoms with Crippen molar-refractivity contribution in [2.75, 3.05) is 10.2 Å². The number of hydrogen-bond acceptors (Lipinski definition) is 3. The van der Waals surface area contributed by atoms with Crippen LogP contribution in [0.1, 0.15) is 23.6 Å². The molecule has 3 aromatic carbocycles. The number of amides is 2. The lowest BCUT2D eigenvalue weighted by Gasteiger charge is -2.24. The van der Waals surface area contributed by atoms with Crippen LogP contribution in [0.15, 0.2) is 78.9 Å². The minimum Gasteiger partial charge on any atom is -0.332 e. The van der Waals surface area contributed by atoms with Crippen LogP contribution in [0, 0.1) is 0 Å². The highest BCUT2D eigenvalue weighted by Gasteiger charge is 2.23. The maximum absolute atomic E-state index is 12.5. The number of carbonyl (C=O) groups excluding carboxylic acids is 2. The Bertz CT molecular complexity index is 1200. The van der Waals surface area contributed by atoms with E-state index >= 15 is 0 Å². The first kappa shape index (κ1) is 21.5. The van der Waals surface area contributed by atoms with E-state index in [4.69, 9.17) is 12.2 Å². The zero-order chi connectivity index (χ0) is 22.5. The quantitative estimate of drug-likeness (QED) is 0.444. The van der Waals surface area contributed by atoms with Crippen molar-refractivity contribution in [3.8, 4) is 0 Å². The highest BCUT2D eigenvalue weighted by molar-refractivity contribution is 7.80. The topological polar surface area (TPSA) is 61.4 Å². The maximum Gasteiger partial charge on any atom is 0.250 e. The fourth-order valence-corrected chi connectivity index (χ4v) is 4.03. The fourth-order valence-electron chi connectivity index (χ4n) is 3.81. The minimum absolute atomic E-state index is 0.0331. The van der Waals surface area contributed by atoms with Gasteiger partial charge in [-0.3, -0.25) is 19.8 Å². The zero-order valence-electron chi connectivity index (χ0n) is 17.7. The zero-order valence-corrected chi connectivity index (χ0v) is 18.5. The predicted molar refractivity (Wildman–Crippen MR) is 133 cm³/mol. The SMILES string of the molecule is CC(=O)N1c2ccccc2CCc2cc(NC(=S)NC(=O)/C=C/c3ccccc3)ccc21. The van der Waals surface area contributed by atoms with Crippen molar-refractivity contribution < 1.29 is 9.59 Å². The summed E-state index contributed by atoms with van der Waals surface area (Å²) in [5, 5.41) is 5.95. The van der Waals surface area contributed by atoms with E-state index in [1.807, 2.05) is 66.7 Å². The number of benzene rings is 3. The molecule has 0 radical (unpaired) electrons. The van der Waals surface area contributed by atoms with Gasteiger partial charge in [0.2, 0.25) is 11.8 Å². The number of para-hydroxylation sites is 1. The number of hydrogen-bond donors (Lipinski definition) is 2. The van der Waals surface area contributed by atoms with E-state index in [-0.39, 0.29) is 16.9 Å². The molecular weight excluding hydrogens is 418 g/mol. The smallest absolute Gasteiger partial charge is 0.250 e. The van der Waals surface area contributed by atoms with E-state index in [0.29, 0.717) is 0 Å². The number of nitrogens with zero attached hydrogens (tertiary/aromatic N) is 1. The van der Waals surface area contributed by atoms with Gasteiger partial charge in [-0.05, 0) is 72.1 Å². The van der Waals surface area contributed by atoms with Crippen LogP contribution in [-0.4, -0.2) is 16.9 Å². The molecule has 1 aliphatic rings. The summed E-state index contributed by atoms with van der Waals surface area (Å²) in [5.41, 5.74) is 5.67. The Morgan fingerprint density at radius 3 is 2.38 bits per heavy atom. The van der Waals surface area contributed by atoms with Crippen LogP contribution in [0.3, 0.4) is 0 Å². The molecule has 0 saturated carbocycles. The Labute approximate surface area is 192 Å². The molecule has 3 aromatic rings. The molecule has 2 N–H and O–H groups in total. The molecule has 0 fully saturated rings. The maximum atomic E-state index is 12.5. The van der Waals surface area contributed by atoms with Crippen LogP contribution < -0.4 is 15.5 Å². The van der Waals surface area contributed by atoms with Gasteiger partial charge in [-0.2, -0.15) is 0 Å². The summed E-state index contributed by atoms with van der Waals surface area (Å²) in [4.78, 5) is 26.4. The lowest BCUT2D eigenvalue weighted by atomic mass is 10.0. The first-order chi connectivity index (χ1) is 15.5. The van der Waals surface area contributed by atoms with Crippen LogP contribution in [-0.2, 0) is 22.4 Å². The summed E-state index contributed by atoms with van der Waals surface area (Å²) in [6, 6.07) is 23.3. The molecular formula is C26H23N3O2S. The number of aryl methyl sites for hydroxylation is 2. The van der Waals surface area contributed by atoms with Gasteiger partial charge in [0.25, 0.3) is 0 Å².